The van der Waals surface area contributed by atoms with Crippen molar-refractivity contribution >= 4 is 35.9 Å². The Labute approximate surface area is 140 Å². The second-order valence-electron chi connectivity index (χ2n) is 5.58. The number of nitrogens with one attached hydrogen (secondary N) is 2. The number of rotatable bonds is 6. The fourth-order valence-corrected chi connectivity index (χ4v) is 1.57. The highest BCUT2D eigenvalue weighted by Gasteiger charge is 2.16. The molecule has 0 saturated carbocycles. The third-order valence-electron chi connectivity index (χ3n) is 2.76. The fourth-order valence-electron chi connectivity index (χ4n) is 1.57. The molecule has 0 unspecified atom stereocenters. The molecule has 0 spiro atoms. The van der Waals surface area contributed by atoms with Crippen LogP contribution < -0.4 is 10.6 Å². The van der Waals surface area contributed by atoms with Crippen LogP contribution in [0.25, 0.3) is 0 Å². The lowest BCUT2D eigenvalue weighted by Crippen LogP contribution is -2.43. The standard InChI is InChI=1S/C14H29N3O2.HI/c1-7-11(8-2)9-16-13(15-6)17-10-12(18)19-14(3,4)5;/h11H,7-10H2,1-6H3,(H2,15,16,17);1H. The van der Waals surface area contributed by atoms with E-state index in [1.165, 1.54) is 0 Å². The summed E-state index contributed by atoms with van der Waals surface area (Å²) in [4.78, 5) is 15.6. The largest absolute Gasteiger partial charge is 0.459 e. The van der Waals surface area contributed by atoms with Crippen molar-refractivity contribution in [1.82, 2.24) is 10.6 Å². The Morgan fingerprint density at radius 1 is 1.20 bits per heavy atom. The lowest BCUT2D eigenvalue weighted by molar-refractivity contribution is -0.153. The smallest absolute Gasteiger partial charge is 0.325 e. The summed E-state index contributed by atoms with van der Waals surface area (Å²) in [5.74, 6) is 0.982. The van der Waals surface area contributed by atoms with Crippen molar-refractivity contribution in [1.29, 1.82) is 0 Å². The molecule has 20 heavy (non-hydrogen) atoms. The minimum atomic E-state index is -0.453. The zero-order valence-corrected chi connectivity index (χ0v) is 15.9. The summed E-state index contributed by atoms with van der Waals surface area (Å²) in [5, 5.41) is 6.18. The van der Waals surface area contributed by atoms with Crippen LogP contribution in [0.5, 0.6) is 0 Å². The summed E-state index contributed by atoms with van der Waals surface area (Å²) in [7, 11) is 1.69. The molecule has 120 valence electrons. The molecule has 0 aliphatic carbocycles. The van der Waals surface area contributed by atoms with Gasteiger partial charge in [-0.1, -0.05) is 26.7 Å². The van der Waals surface area contributed by atoms with E-state index in [1.807, 2.05) is 20.8 Å². The van der Waals surface area contributed by atoms with E-state index in [1.54, 1.807) is 7.05 Å². The number of guanidine groups is 1. The topological polar surface area (TPSA) is 62.7 Å². The average Bonchev–Trinajstić information content (AvgIpc) is 2.31. The quantitative estimate of drug-likeness (QED) is 0.312. The monoisotopic (exact) mass is 399 g/mol. The predicted molar refractivity (Wildman–Crippen MR) is 94.7 cm³/mol. The number of ether oxygens (including phenoxy) is 1. The van der Waals surface area contributed by atoms with Gasteiger partial charge in [-0.2, -0.15) is 0 Å². The number of aliphatic imine (C=N–C) groups is 1. The molecular weight excluding hydrogens is 369 g/mol. The summed E-state index contributed by atoms with van der Waals surface area (Å²) in [6.45, 7) is 10.9. The summed E-state index contributed by atoms with van der Waals surface area (Å²) >= 11 is 0. The van der Waals surface area contributed by atoms with Crippen LogP contribution in [0.2, 0.25) is 0 Å². The first-order valence-corrected chi connectivity index (χ1v) is 6.98. The van der Waals surface area contributed by atoms with Crippen LogP contribution in [0.15, 0.2) is 4.99 Å². The molecule has 0 radical (unpaired) electrons. The van der Waals surface area contributed by atoms with Gasteiger partial charge in [0.15, 0.2) is 5.96 Å². The van der Waals surface area contributed by atoms with Crippen molar-refractivity contribution in [3.05, 3.63) is 0 Å². The van der Waals surface area contributed by atoms with Gasteiger partial charge in [0, 0.05) is 13.6 Å². The van der Waals surface area contributed by atoms with Crippen LogP contribution in [0.3, 0.4) is 0 Å². The van der Waals surface area contributed by atoms with Gasteiger partial charge in [0.1, 0.15) is 12.1 Å². The van der Waals surface area contributed by atoms with Gasteiger partial charge < -0.3 is 15.4 Å². The van der Waals surface area contributed by atoms with Crippen molar-refractivity contribution in [2.24, 2.45) is 10.9 Å². The Morgan fingerprint density at radius 3 is 2.15 bits per heavy atom. The number of halogens is 1. The van der Waals surface area contributed by atoms with Gasteiger partial charge in [0.2, 0.25) is 0 Å². The molecule has 0 aromatic carbocycles. The second kappa shape index (κ2) is 11.2. The summed E-state index contributed by atoms with van der Waals surface area (Å²) in [6, 6.07) is 0. The molecule has 2 N–H and O–H groups in total. The number of hydrogen-bond donors (Lipinski definition) is 2. The number of nitrogens with zero attached hydrogens (tertiary/aromatic N) is 1. The van der Waals surface area contributed by atoms with Gasteiger partial charge in [-0.05, 0) is 26.7 Å². The molecule has 0 aliphatic heterocycles. The van der Waals surface area contributed by atoms with E-state index in [2.05, 4.69) is 29.5 Å². The van der Waals surface area contributed by atoms with E-state index in [9.17, 15) is 4.79 Å². The molecule has 0 rings (SSSR count). The first kappa shape index (κ1) is 21.8. The highest BCUT2D eigenvalue weighted by Crippen LogP contribution is 2.06. The number of carbonyl (C=O) groups is 1. The van der Waals surface area contributed by atoms with Crippen molar-refractivity contribution in [2.45, 2.75) is 53.1 Å². The van der Waals surface area contributed by atoms with Crippen molar-refractivity contribution in [3.8, 4) is 0 Å². The molecule has 0 saturated heterocycles. The molecule has 0 heterocycles. The first-order valence-electron chi connectivity index (χ1n) is 6.98. The minimum absolute atomic E-state index is 0. The Hall–Kier alpha value is -0.530. The summed E-state index contributed by atoms with van der Waals surface area (Å²) in [6.07, 6.45) is 2.26. The van der Waals surface area contributed by atoms with Gasteiger partial charge in [0.25, 0.3) is 0 Å². The number of esters is 1. The molecule has 0 aromatic heterocycles. The van der Waals surface area contributed by atoms with Gasteiger partial charge in [0.05, 0.1) is 0 Å². The normalized spacial score (nSPS) is 11.8. The lowest BCUT2D eigenvalue weighted by atomic mass is 10.0. The first-order chi connectivity index (χ1) is 8.82. The SMILES string of the molecule is CCC(CC)CNC(=NC)NCC(=O)OC(C)(C)C.I. The maximum atomic E-state index is 11.6. The molecule has 5 nitrogen and oxygen atoms in total. The Bertz CT molecular complexity index is 297. The molecule has 0 fully saturated rings. The summed E-state index contributed by atoms with van der Waals surface area (Å²) < 4.78 is 5.22. The molecule has 0 aromatic rings. The van der Waals surface area contributed by atoms with Crippen LogP contribution in [0, 0.1) is 5.92 Å². The molecular formula is C14H30IN3O2. The molecule has 6 heteroatoms. The second-order valence-corrected chi connectivity index (χ2v) is 5.58. The Kier molecular flexibility index (Phi) is 12.1. The predicted octanol–water partition coefficient (Wildman–Crippen LogP) is 2.55. The highest BCUT2D eigenvalue weighted by atomic mass is 127. The van der Waals surface area contributed by atoms with Gasteiger partial charge in [-0.25, -0.2) is 0 Å². The van der Waals surface area contributed by atoms with Crippen LogP contribution in [-0.4, -0.2) is 37.7 Å². The average molecular weight is 399 g/mol. The zero-order chi connectivity index (χ0) is 14.9. The van der Waals surface area contributed by atoms with E-state index < -0.39 is 5.60 Å². The molecule has 0 amide bonds. The Morgan fingerprint density at radius 2 is 1.75 bits per heavy atom. The van der Waals surface area contributed by atoms with E-state index in [0.29, 0.717) is 11.9 Å². The Balaban J connectivity index is 0. The lowest BCUT2D eigenvalue weighted by Gasteiger charge is -2.20. The number of hydrogen-bond acceptors (Lipinski definition) is 3. The van der Waals surface area contributed by atoms with E-state index >= 15 is 0 Å². The third-order valence-corrected chi connectivity index (χ3v) is 2.76. The van der Waals surface area contributed by atoms with E-state index in [0.717, 1.165) is 19.4 Å². The zero-order valence-electron chi connectivity index (χ0n) is 13.6. The van der Waals surface area contributed by atoms with Crippen LogP contribution >= 0.6 is 24.0 Å². The van der Waals surface area contributed by atoms with Gasteiger partial charge in [-0.15, -0.1) is 24.0 Å². The molecule has 0 atom stereocenters. The van der Waals surface area contributed by atoms with Crippen LogP contribution in [-0.2, 0) is 9.53 Å². The fraction of sp³-hybridized carbons (Fsp3) is 0.857. The molecule has 0 bridgehead atoms. The van der Waals surface area contributed by atoms with E-state index in [4.69, 9.17) is 4.74 Å². The van der Waals surface area contributed by atoms with Crippen LogP contribution in [0.4, 0.5) is 0 Å². The van der Waals surface area contributed by atoms with Crippen molar-refractivity contribution in [3.63, 3.8) is 0 Å². The van der Waals surface area contributed by atoms with Gasteiger partial charge >= 0.3 is 5.97 Å². The van der Waals surface area contributed by atoms with Crippen molar-refractivity contribution < 1.29 is 9.53 Å². The number of carbonyl (C=O) groups excluding carboxylic acids is 1. The van der Waals surface area contributed by atoms with Gasteiger partial charge in [-0.3, -0.25) is 9.79 Å². The highest BCUT2D eigenvalue weighted by molar-refractivity contribution is 14.0. The molecule has 0 aliphatic rings. The van der Waals surface area contributed by atoms with Crippen LogP contribution in [0.1, 0.15) is 47.5 Å². The minimum Gasteiger partial charge on any atom is -0.459 e. The van der Waals surface area contributed by atoms with E-state index in [-0.39, 0.29) is 36.5 Å². The third kappa shape index (κ3) is 11.3. The van der Waals surface area contributed by atoms with Crippen molar-refractivity contribution in [2.75, 3.05) is 20.1 Å². The maximum Gasteiger partial charge on any atom is 0.325 e. The summed E-state index contributed by atoms with van der Waals surface area (Å²) in [5.41, 5.74) is -0.453. The maximum absolute atomic E-state index is 11.6.